The molecule has 3 aromatic rings. The predicted octanol–water partition coefficient (Wildman–Crippen LogP) is 3.77. The fourth-order valence-electron chi connectivity index (χ4n) is 2.31. The van der Waals surface area contributed by atoms with E-state index in [4.69, 9.17) is 4.74 Å². The van der Waals surface area contributed by atoms with Crippen molar-refractivity contribution in [3.05, 3.63) is 71.9 Å². The molecule has 6 heteroatoms. The van der Waals surface area contributed by atoms with Crippen molar-refractivity contribution in [2.45, 2.75) is 6.61 Å². The number of rotatable bonds is 4. The fourth-order valence-corrected chi connectivity index (χ4v) is 2.31. The zero-order chi connectivity index (χ0) is 17.6. The van der Waals surface area contributed by atoms with Crippen LogP contribution < -0.4 is 5.32 Å². The topological polar surface area (TPSA) is 77.5 Å². The Morgan fingerprint density at radius 1 is 1.08 bits per heavy atom. The van der Waals surface area contributed by atoms with Crippen molar-refractivity contribution >= 4 is 28.7 Å². The maximum absolute atomic E-state index is 11.9. The fraction of sp³-hybridized carbons (Fsp3) is 0.105. The van der Waals surface area contributed by atoms with Crippen molar-refractivity contribution in [3.63, 3.8) is 0 Å². The molecule has 0 saturated carbocycles. The van der Waals surface area contributed by atoms with Crippen LogP contribution in [0, 0.1) is 0 Å². The smallest absolute Gasteiger partial charge is 0.411 e. The maximum atomic E-state index is 11.9. The molecular formula is C19H16N2O4. The molecule has 1 heterocycles. The molecule has 6 nitrogen and oxygen atoms in total. The standard InChI is InChI=1S/C19H16N2O4/c1-24-18(22)15-9-14-7-8-16(10-17(14)20-11-15)21-19(23)25-12-13-5-3-2-4-6-13/h2-11H,12H2,1H3,(H,21,23). The molecule has 0 saturated heterocycles. The molecule has 0 aliphatic carbocycles. The molecule has 2 aromatic carbocycles. The molecule has 3 rings (SSSR count). The Hall–Kier alpha value is -3.41. The summed E-state index contributed by atoms with van der Waals surface area (Å²) < 4.78 is 9.85. The minimum absolute atomic E-state index is 0.195. The van der Waals surface area contributed by atoms with E-state index in [2.05, 4.69) is 15.0 Å². The lowest BCUT2D eigenvalue weighted by Gasteiger charge is -2.08. The lowest BCUT2D eigenvalue weighted by Crippen LogP contribution is -2.13. The van der Waals surface area contributed by atoms with Crippen LogP contribution in [-0.2, 0) is 16.1 Å². The van der Waals surface area contributed by atoms with Gasteiger partial charge in [-0.3, -0.25) is 10.3 Å². The molecule has 0 aliphatic heterocycles. The van der Waals surface area contributed by atoms with Gasteiger partial charge in [-0.2, -0.15) is 0 Å². The Labute approximate surface area is 144 Å². The molecule has 1 N–H and O–H groups in total. The van der Waals surface area contributed by atoms with Crippen molar-refractivity contribution in [1.29, 1.82) is 0 Å². The molecule has 1 amide bonds. The summed E-state index contributed by atoms with van der Waals surface area (Å²) in [5.74, 6) is -0.443. The largest absolute Gasteiger partial charge is 0.465 e. The molecule has 0 spiro atoms. The minimum atomic E-state index is -0.547. The number of nitrogens with one attached hydrogen (secondary N) is 1. The molecule has 0 fully saturated rings. The normalized spacial score (nSPS) is 10.3. The van der Waals surface area contributed by atoms with E-state index < -0.39 is 12.1 Å². The number of nitrogens with zero attached hydrogens (tertiary/aromatic N) is 1. The number of methoxy groups -OCH3 is 1. The van der Waals surface area contributed by atoms with E-state index in [0.717, 1.165) is 10.9 Å². The van der Waals surface area contributed by atoms with Gasteiger partial charge < -0.3 is 9.47 Å². The van der Waals surface area contributed by atoms with Crippen LogP contribution in [0.25, 0.3) is 10.9 Å². The summed E-state index contributed by atoms with van der Waals surface area (Å²) in [4.78, 5) is 27.6. The predicted molar refractivity (Wildman–Crippen MR) is 93.3 cm³/mol. The Kier molecular flexibility index (Phi) is 4.89. The van der Waals surface area contributed by atoms with Gasteiger partial charge in [0.15, 0.2) is 0 Å². The SMILES string of the molecule is COC(=O)c1cnc2cc(NC(=O)OCc3ccccc3)ccc2c1. The summed E-state index contributed by atoms with van der Waals surface area (Å²) in [6, 6.07) is 16.3. The summed E-state index contributed by atoms with van der Waals surface area (Å²) in [7, 11) is 1.32. The van der Waals surface area contributed by atoms with Crippen molar-refractivity contribution in [2.24, 2.45) is 0 Å². The monoisotopic (exact) mass is 336 g/mol. The number of carbonyl (C=O) groups excluding carboxylic acids is 2. The quantitative estimate of drug-likeness (QED) is 0.734. The second kappa shape index (κ2) is 7.44. The van der Waals surface area contributed by atoms with E-state index in [0.29, 0.717) is 16.8 Å². The molecule has 126 valence electrons. The third-order valence-electron chi connectivity index (χ3n) is 3.56. The number of benzene rings is 2. The van der Waals surface area contributed by atoms with Gasteiger partial charge in [0, 0.05) is 17.3 Å². The number of hydrogen-bond donors (Lipinski definition) is 1. The summed E-state index contributed by atoms with van der Waals surface area (Å²) in [6.45, 7) is 0.195. The van der Waals surface area contributed by atoms with Crippen LogP contribution >= 0.6 is 0 Å². The lowest BCUT2D eigenvalue weighted by atomic mass is 10.1. The molecule has 0 bridgehead atoms. The average Bonchev–Trinajstić information content (AvgIpc) is 2.66. The Morgan fingerprint density at radius 3 is 2.64 bits per heavy atom. The van der Waals surface area contributed by atoms with Crippen LogP contribution in [-0.4, -0.2) is 24.2 Å². The van der Waals surface area contributed by atoms with Gasteiger partial charge in [-0.25, -0.2) is 9.59 Å². The first kappa shape index (κ1) is 16.4. The molecule has 25 heavy (non-hydrogen) atoms. The van der Waals surface area contributed by atoms with Gasteiger partial charge >= 0.3 is 12.1 Å². The number of aromatic nitrogens is 1. The molecule has 0 atom stereocenters. The highest BCUT2D eigenvalue weighted by Gasteiger charge is 2.09. The van der Waals surface area contributed by atoms with Crippen LogP contribution in [0.15, 0.2) is 60.8 Å². The first-order valence-electron chi connectivity index (χ1n) is 7.61. The summed E-state index contributed by atoms with van der Waals surface area (Å²) in [5.41, 5.74) is 2.49. The van der Waals surface area contributed by atoms with Crippen molar-refractivity contribution in [2.75, 3.05) is 12.4 Å². The number of pyridine rings is 1. The summed E-state index contributed by atoms with van der Waals surface area (Å²) >= 11 is 0. The second-order valence-electron chi connectivity index (χ2n) is 5.31. The van der Waals surface area contributed by atoms with Gasteiger partial charge in [-0.1, -0.05) is 36.4 Å². The van der Waals surface area contributed by atoms with Crippen LogP contribution in [0.4, 0.5) is 10.5 Å². The van der Waals surface area contributed by atoms with Crippen molar-refractivity contribution in [3.8, 4) is 0 Å². The van der Waals surface area contributed by atoms with Crippen LogP contribution in [0.5, 0.6) is 0 Å². The molecule has 0 aliphatic rings. The number of amides is 1. The third kappa shape index (κ3) is 4.11. The number of anilines is 1. The van der Waals surface area contributed by atoms with E-state index in [1.807, 2.05) is 30.3 Å². The first-order chi connectivity index (χ1) is 12.2. The van der Waals surface area contributed by atoms with E-state index in [-0.39, 0.29) is 6.61 Å². The first-order valence-corrected chi connectivity index (χ1v) is 7.61. The molecule has 0 unspecified atom stereocenters. The third-order valence-corrected chi connectivity index (χ3v) is 3.56. The van der Waals surface area contributed by atoms with Gasteiger partial charge in [-0.15, -0.1) is 0 Å². The van der Waals surface area contributed by atoms with Crippen molar-refractivity contribution in [1.82, 2.24) is 4.98 Å². The number of fused-ring (bicyclic) bond motifs is 1. The van der Waals surface area contributed by atoms with Gasteiger partial charge in [0.2, 0.25) is 0 Å². The number of hydrogen-bond acceptors (Lipinski definition) is 5. The van der Waals surface area contributed by atoms with Crippen LogP contribution in [0.2, 0.25) is 0 Å². The van der Waals surface area contributed by atoms with E-state index in [9.17, 15) is 9.59 Å². The zero-order valence-electron chi connectivity index (χ0n) is 13.6. The summed E-state index contributed by atoms with van der Waals surface area (Å²) in [5, 5.41) is 3.43. The Morgan fingerprint density at radius 2 is 1.88 bits per heavy atom. The van der Waals surface area contributed by atoms with Crippen LogP contribution in [0.3, 0.4) is 0 Å². The highest BCUT2D eigenvalue weighted by molar-refractivity contribution is 5.95. The van der Waals surface area contributed by atoms with Crippen molar-refractivity contribution < 1.29 is 19.1 Å². The van der Waals surface area contributed by atoms with Gasteiger partial charge in [0.1, 0.15) is 6.61 Å². The van der Waals surface area contributed by atoms with E-state index in [1.165, 1.54) is 13.3 Å². The Balaban J connectivity index is 1.67. The lowest BCUT2D eigenvalue weighted by molar-refractivity contribution is 0.0600. The van der Waals surface area contributed by atoms with Gasteiger partial charge in [0.25, 0.3) is 0 Å². The second-order valence-corrected chi connectivity index (χ2v) is 5.31. The Bertz CT molecular complexity index is 910. The molecule has 0 radical (unpaired) electrons. The van der Waals surface area contributed by atoms with Crippen LogP contribution in [0.1, 0.15) is 15.9 Å². The zero-order valence-corrected chi connectivity index (χ0v) is 13.6. The highest BCUT2D eigenvalue weighted by Crippen LogP contribution is 2.19. The molecular weight excluding hydrogens is 320 g/mol. The average molecular weight is 336 g/mol. The number of esters is 1. The van der Waals surface area contributed by atoms with Gasteiger partial charge in [0.05, 0.1) is 18.2 Å². The minimum Gasteiger partial charge on any atom is -0.465 e. The van der Waals surface area contributed by atoms with E-state index >= 15 is 0 Å². The highest BCUT2D eigenvalue weighted by atomic mass is 16.5. The number of ether oxygens (including phenoxy) is 2. The number of carbonyl (C=O) groups is 2. The van der Waals surface area contributed by atoms with Gasteiger partial charge in [-0.05, 0) is 23.8 Å². The van der Waals surface area contributed by atoms with E-state index in [1.54, 1.807) is 24.3 Å². The summed E-state index contributed by atoms with van der Waals surface area (Å²) in [6.07, 6.45) is 0.889. The molecule has 1 aromatic heterocycles. The maximum Gasteiger partial charge on any atom is 0.411 e.